The van der Waals surface area contributed by atoms with E-state index in [0.717, 1.165) is 22.9 Å². The van der Waals surface area contributed by atoms with Crippen LogP contribution in [0.3, 0.4) is 0 Å². The first-order chi connectivity index (χ1) is 10.6. The number of benzene rings is 3. The summed E-state index contributed by atoms with van der Waals surface area (Å²) >= 11 is 0. The van der Waals surface area contributed by atoms with Crippen LogP contribution in [0, 0.1) is 11.6 Å². The number of halogens is 2. The molecule has 0 bridgehead atoms. The maximum atomic E-state index is 13.3. The van der Waals surface area contributed by atoms with E-state index < -0.39 is 11.6 Å². The fraction of sp³-hybridized carbons (Fsp3) is 0.111. The largest absolute Gasteiger partial charge is 0.507 e. The Morgan fingerprint density at radius 2 is 1.73 bits per heavy atom. The van der Waals surface area contributed by atoms with Crippen molar-refractivity contribution in [1.29, 1.82) is 0 Å². The van der Waals surface area contributed by atoms with Crippen LogP contribution in [0.2, 0.25) is 0 Å². The molecule has 4 heteroatoms. The highest BCUT2D eigenvalue weighted by atomic mass is 19.2. The maximum Gasteiger partial charge on any atom is 0.160 e. The van der Waals surface area contributed by atoms with Crippen LogP contribution in [0.15, 0.2) is 54.6 Å². The first-order valence-corrected chi connectivity index (χ1v) is 6.98. The molecule has 0 amide bonds. The lowest BCUT2D eigenvalue weighted by Crippen LogP contribution is -2.07. The van der Waals surface area contributed by atoms with E-state index in [4.69, 9.17) is 0 Å². The Labute approximate surface area is 127 Å². The molecule has 3 rings (SSSR count). The van der Waals surface area contributed by atoms with Crippen LogP contribution < -0.4 is 5.32 Å². The van der Waals surface area contributed by atoms with Crippen LogP contribution in [-0.4, -0.2) is 5.11 Å². The van der Waals surface area contributed by atoms with Crippen LogP contribution in [0.25, 0.3) is 10.8 Å². The minimum absolute atomic E-state index is 0.195. The van der Waals surface area contributed by atoms with E-state index in [9.17, 15) is 13.9 Å². The van der Waals surface area contributed by atoms with Crippen molar-refractivity contribution in [1.82, 2.24) is 0 Å². The topological polar surface area (TPSA) is 32.3 Å². The molecule has 0 spiro atoms. The van der Waals surface area contributed by atoms with E-state index in [1.54, 1.807) is 0 Å². The minimum atomic E-state index is -0.903. The summed E-state index contributed by atoms with van der Waals surface area (Å²) < 4.78 is 26.2. The van der Waals surface area contributed by atoms with E-state index in [2.05, 4.69) is 5.32 Å². The van der Waals surface area contributed by atoms with Gasteiger partial charge in [-0.05, 0) is 24.4 Å². The fourth-order valence-corrected chi connectivity index (χ4v) is 2.54. The zero-order valence-electron chi connectivity index (χ0n) is 12.0. The summed E-state index contributed by atoms with van der Waals surface area (Å²) in [5.74, 6) is -1.59. The molecule has 0 saturated heterocycles. The van der Waals surface area contributed by atoms with Gasteiger partial charge in [0.2, 0.25) is 0 Å². The Hall–Kier alpha value is -2.62. The minimum Gasteiger partial charge on any atom is -0.507 e. The molecule has 0 heterocycles. The molecule has 1 atom stereocenters. The quantitative estimate of drug-likeness (QED) is 0.713. The van der Waals surface area contributed by atoms with Crippen molar-refractivity contribution < 1.29 is 13.9 Å². The predicted octanol–water partition coefficient (Wildman–Crippen LogP) is 5.00. The normalized spacial score (nSPS) is 12.3. The number of nitrogens with one attached hydrogen (secondary N) is 1. The van der Waals surface area contributed by atoms with Gasteiger partial charge in [-0.2, -0.15) is 0 Å². The molecule has 2 N–H and O–H groups in total. The molecule has 22 heavy (non-hydrogen) atoms. The van der Waals surface area contributed by atoms with Crippen LogP contribution in [0.1, 0.15) is 18.5 Å². The van der Waals surface area contributed by atoms with E-state index >= 15 is 0 Å². The highest BCUT2D eigenvalue weighted by molar-refractivity contribution is 5.89. The zero-order chi connectivity index (χ0) is 15.7. The summed E-state index contributed by atoms with van der Waals surface area (Å²) in [6, 6.07) is 14.7. The second-order valence-corrected chi connectivity index (χ2v) is 5.22. The molecule has 2 nitrogen and oxygen atoms in total. The van der Waals surface area contributed by atoms with Crippen LogP contribution in [0.5, 0.6) is 5.75 Å². The fourth-order valence-electron chi connectivity index (χ4n) is 2.54. The monoisotopic (exact) mass is 299 g/mol. The molecule has 0 fully saturated rings. The van der Waals surface area contributed by atoms with Gasteiger partial charge in [-0.15, -0.1) is 0 Å². The first kappa shape index (κ1) is 14.3. The predicted molar refractivity (Wildman–Crippen MR) is 84.0 cm³/mol. The first-order valence-electron chi connectivity index (χ1n) is 6.98. The van der Waals surface area contributed by atoms with Crippen molar-refractivity contribution in [2.75, 3.05) is 5.32 Å². The summed E-state index contributed by atoms with van der Waals surface area (Å²) in [5.41, 5.74) is 1.15. The van der Waals surface area contributed by atoms with Gasteiger partial charge in [-0.25, -0.2) is 8.78 Å². The number of hydrogen-bond acceptors (Lipinski definition) is 2. The molecule has 0 radical (unpaired) electrons. The lowest BCUT2D eigenvalue weighted by atomic mass is 10.0. The average Bonchev–Trinajstić information content (AvgIpc) is 2.51. The average molecular weight is 299 g/mol. The second-order valence-electron chi connectivity index (χ2n) is 5.22. The molecule has 0 aromatic heterocycles. The second kappa shape index (κ2) is 5.64. The summed E-state index contributed by atoms with van der Waals surface area (Å²) in [6.45, 7) is 1.85. The highest BCUT2D eigenvalue weighted by Crippen LogP contribution is 2.33. The number of fused-ring (bicyclic) bond motifs is 1. The Morgan fingerprint density at radius 1 is 0.955 bits per heavy atom. The molecule has 112 valence electrons. The van der Waals surface area contributed by atoms with Gasteiger partial charge in [0, 0.05) is 22.7 Å². The molecule has 3 aromatic rings. The summed E-state index contributed by atoms with van der Waals surface area (Å²) in [4.78, 5) is 0. The van der Waals surface area contributed by atoms with Crippen molar-refractivity contribution in [3.8, 4) is 5.75 Å². The molecule has 0 aliphatic heterocycles. The zero-order valence-corrected chi connectivity index (χ0v) is 12.0. The SMILES string of the molecule is CC(Nc1ccc(F)c(F)c1)c1ccc2ccccc2c1O. The van der Waals surface area contributed by atoms with E-state index in [1.807, 2.05) is 43.3 Å². The smallest absolute Gasteiger partial charge is 0.160 e. The molecular formula is C18H15F2NO. The molecule has 0 aliphatic rings. The van der Waals surface area contributed by atoms with Crippen molar-refractivity contribution >= 4 is 16.5 Å². The maximum absolute atomic E-state index is 13.3. The third kappa shape index (κ3) is 2.60. The van der Waals surface area contributed by atoms with Gasteiger partial charge in [0.05, 0.1) is 6.04 Å². The summed E-state index contributed by atoms with van der Waals surface area (Å²) in [5, 5.41) is 15.2. The number of phenols is 1. The number of anilines is 1. The van der Waals surface area contributed by atoms with Crippen molar-refractivity contribution in [2.45, 2.75) is 13.0 Å². The van der Waals surface area contributed by atoms with Gasteiger partial charge in [-0.1, -0.05) is 36.4 Å². The van der Waals surface area contributed by atoms with Crippen LogP contribution >= 0.6 is 0 Å². The Morgan fingerprint density at radius 3 is 2.50 bits per heavy atom. The van der Waals surface area contributed by atoms with E-state index in [-0.39, 0.29) is 11.8 Å². The Balaban J connectivity index is 1.93. The number of aromatic hydroxyl groups is 1. The van der Waals surface area contributed by atoms with Gasteiger partial charge in [0.1, 0.15) is 5.75 Å². The number of phenolic OH excluding ortho intramolecular Hbond substituents is 1. The third-order valence-corrected chi connectivity index (χ3v) is 3.70. The van der Waals surface area contributed by atoms with Crippen LogP contribution in [-0.2, 0) is 0 Å². The third-order valence-electron chi connectivity index (χ3n) is 3.70. The molecule has 1 unspecified atom stereocenters. The molecule has 3 aromatic carbocycles. The van der Waals surface area contributed by atoms with E-state index in [0.29, 0.717) is 11.3 Å². The lowest BCUT2D eigenvalue weighted by Gasteiger charge is -2.18. The van der Waals surface area contributed by atoms with Crippen molar-refractivity contribution in [3.63, 3.8) is 0 Å². The van der Waals surface area contributed by atoms with Gasteiger partial charge in [0.25, 0.3) is 0 Å². The summed E-state index contributed by atoms with van der Waals surface area (Å²) in [7, 11) is 0. The standard InChI is InChI=1S/C18H15F2NO/c1-11(21-13-7-9-16(19)17(20)10-13)14-8-6-12-4-2-3-5-15(12)18(14)22/h2-11,21-22H,1H3. The molecule has 0 saturated carbocycles. The lowest BCUT2D eigenvalue weighted by molar-refractivity contribution is 0.472. The van der Waals surface area contributed by atoms with Gasteiger partial charge < -0.3 is 10.4 Å². The Kier molecular flexibility index (Phi) is 3.67. The molecular weight excluding hydrogens is 284 g/mol. The number of hydrogen-bond donors (Lipinski definition) is 2. The van der Waals surface area contributed by atoms with E-state index in [1.165, 1.54) is 6.07 Å². The summed E-state index contributed by atoms with van der Waals surface area (Å²) in [6.07, 6.45) is 0. The van der Waals surface area contributed by atoms with Gasteiger partial charge >= 0.3 is 0 Å². The van der Waals surface area contributed by atoms with Crippen molar-refractivity contribution in [2.24, 2.45) is 0 Å². The van der Waals surface area contributed by atoms with Crippen molar-refractivity contribution in [3.05, 3.63) is 71.8 Å². The van der Waals surface area contributed by atoms with Gasteiger partial charge in [-0.3, -0.25) is 0 Å². The van der Waals surface area contributed by atoms with Crippen LogP contribution in [0.4, 0.5) is 14.5 Å². The Bertz CT molecular complexity index is 832. The number of rotatable bonds is 3. The molecule has 0 aliphatic carbocycles. The highest BCUT2D eigenvalue weighted by Gasteiger charge is 2.13. The van der Waals surface area contributed by atoms with Gasteiger partial charge in [0.15, 0.2) is 11.6 Å².